The van der Waals surface area contributed by atoms with E-state index in [0.717, 1.165) is 44.9 Å². The summed E-state index contributed by atoms with van der Waals surface area (Å²) in [5.41, 5.74) is -0.672. The molecule has 2 rings (SSSR count). The third-order valence-electron chi connectivity index (χ3n) is 4.26. The molecule has 0 aliphatic heterocycles. The summed E-state index contributed by atoms with van der Waals surface area (Å²) in [5.74, 6) is -0.00832. The van der Waals surface area contributed by atoms with Crippen molar-refractivity contribution in [1.29, 1.82) is 0 Å². The summed E-state index contributed by atoms with van der Waals surface area (Å²) in [6, 6.07) is 4.13. The molecule has 1 saturated carbocycles. The number of hydrogen-bond acceptors (Lipinski definition) is 3. The lowest BCUT2D eigenvalue weighted by atomic mass is 9.80. The van der Waals surface area contributed by atoms with Gasteiger partial charge in [-0.25, -0.2) is 0 Å². The van der Waals surface area contributed by atoms with Gasteiger partial charge in [-0.15, -0.1) is 11.3 Å². The van der Waals surface area contributed by atoms with Gasteiger partial charge in [0.1, 0.15) is 5.54 Å². The molecule has 4 nitrogen and oxygen atoms in total. The minimum Gasteiger partial charge on any atom is -0.354 e. The summed E-state index contributed by atoms with van der Waals surface area (Å²) in [5, 5.41) is 7.99. The Morgan fingerprint density at radius 1 is 1.27 bits per heavy atom. The SMILES string of the molecule is CCNC(=O)C1(NC(=O)CCCc2cccs2)CCCCC1. The predicted octanol–water partition coefficient (Wildman–Crippen LogP) is 3.03. The monoisotopic (exact) mass is 322 g/mol. The molecule has 2 amide bonds. The van der Waals surface area contributed by atoms with E-state index in [9.17, 15) is 9.59 Å². The van der Waals surface area contributed by atoms with Crippen LogP contribution in [-0.4, -0.2) is 23.9 Å². The van der Waals surface area contributed by atoms with Gasteiger partial charge >= 0.3 is 0 Å². The maximum absolute atomic E-state index is 12.4. The minimum absolute atomic E-state index is 0.00436. The van der Waals surface area contributed by atoms with Crippen molar-refractivity contribution in [3.63, 3.8) is 0 Å². The second kappa shape index (κ2) is 8.32. The van der Waals surface area contributed by atoms with Crippen LogP contribution >= 0.6 is 11.3 Å². The van der Waals surface area contributed by atoms with E-state index in [1.807, 2.05) is 13.0 Å². The van der Waals surface area contributed by atoms with E-state index < -0.39 is 5.54 Å². The Hall–Kier alpha value is -1.36. The van der Waals surface area contributed by atoms with Crippen LogP contribution in [0.3, 0.4) is 0 Å². The summed E-state index contributed by atoms with van der Waals surface area (Å²) in [6.45, 7) is 2.52. The maximum atomic E-state index is 12.4. The van der Waals surface area contributed by atoms with E-state index in [1.54, 1.807) is 11.3 Å². The van der Waals surface area contributed by atoms with Gasteiger partial charge in [0.25, 0.3) is 0 Å². The van der Waals surface area contributed by atoms with E-state index in [1.165, 1.54) is 4.88 Å². The number of aryl methyl sites for hydroxylation is 1. The molecule has 0 unspecified atom stereocenters. The zero-order valence-corrected chi connectivity index (χ0v) is 14.1. The van der Waals surface area contributed by atoms with Crippen molar-refractivity contribution < 1.29 is 9.59 Å². The lowest BCUT2D eigenvalue weighted by molar-refractivity contribution is -0.135. The zero-order chi connectivity index (χ0) is 15.8. The van der Waals surface area contributed by atoms with E-state index >= 15 is 0 Å². The zero-order valence-electron chi connectivity index (χ0n) is 13.3. The Labute approximate surface area is 136 Å². The molecule has 1 fully saturated rings. The van der Waals surface area contributed by atoms with Crippen molar-refractivity contribution in [3.05, 3.63) is 22.4 Å². The van der Waals surface area contributed by atoms with Gasteiger partial charge in [0.05, 0.1) is 0 Å². The highest BCUT2D eigenvalue weighted by atomic mass is 32.1. The van der Waals surface area contributed by atoms with Crippen LogP contribution in [0.15, 0.2) is 17.5 Å². The van der Waals surface area contributed by atoms with Crippen molar-refractivity contribution >= 4 is 23.2 Å². The molecular formula is C17H26N2O2S. The maximum Gasteiger partial charge on any atom is 0.245 e. The Bertz CT molecular complexity index is 479. The Balaban J connectivity index is 1.86. The lowest BCUT2D eigenvalue weighted by Gasteiger charge is -2.36. The molecule has 1 aliphatic rings. The van der Waals surface area contributed by atoms with Gasteiger partial charge in [0.15, 0.2) is 0 Å². The number of carbonyl (C=O) groups excluding carboxylic acids is 2. The van der Waals surface area contributed by atoms with Crippen molar-refractivity contribution in [2.24, 2.45) is 0 Å². The third kappa shape index (κ3) is 4.57. The molecule has 0 atom stereocenters. The van der Waals surface area contributed by atoms with Crippen LogP contribution in [0, 0.1) is 0 Å². The van der Waals surface area contributed by atoms with Gasteiger partial charge in [-0.2, -0.15) is 0 Å². The smallest absolute Gasteiger partial charge is 0.245 e. The Morgan fingerprint density at radius 3 is 2.68 bits per heavy atom. The van der Waals surface area contributed by atoms with Crippen molar-refractivity contribution in [3.8, 4) is 0 Å². The number of likely N-dealkylation sites (N-methyl/N-ethyl adjacent to an activating group) is 1. The van der Waals surface area contributed by atoms with Crippen LogP contribution in [-0.2, 0) is 16.0 Å². The molecule has 22 heavy (non-hydrogen) atoms. The molecule has 1 aromatic heterocycles. The average Bonchev–Trinajstić information content (AvgIpc) is 3.01. The van der Waals surface area contributed by atoms with Gasteiger partial charge in [0, 0.05) is 17.8 Å². The first kappa shape index (κ1) is 17.0. The number of amides is 2. The van der Waals surface area contributed by atoms with E-state index in [0.29, 0.717) is 13.0 Å². The molecule has 0 aromatic carbocycles. The van der Waals surface area contributed by atoms with Gasteiger partial charge in [-0.05, 0) is 44.1 Å². The number of thiophene rings is 1. The number of nitrogens with one attached hydrogen (secondary N) is 2. The Kier molecular flexibility index (Phi) is 6.43. The van der Waals surface area contributed by atoms with Crippen LogP contribution in [0.4, 0.5) is 0 Å². The fourth-order valence-electron chi connectivity index (χ4n) is 3.10. The highest BCUT2D eigenvalue weighted by Gasteiger charge is 2.40. The van der Waals surface area contributed by atoms with Gasteiger partial charge in [0.2, 0.25) is 11.8 Å². The fourth-order valence-corrected chi connectivity index (χ4v) is 3.85. The van der Waals surface area contributed by atoms with E-state index in [4.69, 9.17) is 0 Å². The van der Waals surface area contributed by atoms with E-state index in [2.05, 4.69) is 22.1 Å². The highest BCUT2D eigenvalue weighted by molar-refractivity contribution is 7.09. The van der Waals surface area contributed by atoms with Crippen molar-refractivity contribution in [1.82, 2.24) is 10.6 Å². The highest BCUT2D eigenvalue weighted by Crippen LogP contribution is 2.28. The summed E-state index contributed by atoms with van der Waals surface area (Å²) in [6.07, 6.45) is 6.93. The van der Waals surface area contributed by atoms with Gasteiger partial charge < -0.3 is 10.6 Å². The molecule has 2 N–H and O–H groups in total. The molecule has 0 spiro atoms. The molecular weight excluding hydrogens is 296 g/mol. The molecule has 1 heterocycles. The van der Waals surface area contributed by atoms with Crippen LogP contribution in [0.5, 0.6) is 0 Å². The molecule has 122 valence electrons. The van der Waals surface area contributed by atoms with Crippen molar-refractivity contribution in [2.45, 2.75) is 63.8 Å². The topological polar surface area (TPSA) is 58.2 Å². The normalized spacial score (nSPS) is 17.0. The number of rotatable bonds is 7. The first-order valence-corrected chi connectivity index (χ1v) is 9.16. The van der Waals surface area contributed by atoms with Crippen LogP contribution < -0.4 is 10.6 Å². The quantitative estimate of drug-likeness (QED) is 0.810. The standard InChI is InChI=1S/C17H26N2O2S/c1-2-18-16(21)17(11-4-3-5-12-17)19-15(20)10-6-8-14-9-7-13-22-14/h7,9,13H,2-6,8,10-12H2,1H3,(H,18,21)(H,19,20). The summed E-state index contributed by atoms with van der Waals surface area (Å²) < 4.78 is 0. The van der Waals surface area contributed by atoms with Gasteiger partial charge in [-0.1, -0.05) is 25.3 Å². The largest absolute Gasteiger partial charge is 0.354 e. The molecule has 0 radical (unpaired) electrons. The fraction of sp³-hybridized carbons (Fsp3) is 0.647. The first-order valence-electron chi connectivity index (χ1n) is 8.28. The molecule has 0 bridgehead atoms. The predicted molar refractivity (Wildman–Crippen MR) is 89.9 cm³/mol. The van der Waals surface area contributed by atoms with Crippen LogP contribution in [0.1, 0.15) is 56.7 Å². The first-order chi connectivity index (χ1) is 10.7. The van der Waals surface area contributed by atoms with Crippen LogP contribution in [0.25, 0.3) is 0 Å². The number of carbonyl (C=O) groups is 2. The van der Waals surface area contributed by atoms with Crippen molar-refractivity contribution in [2.75, 3.05) is 6.54 Å². The minimum atomic E-state index is -0.672. The second-order valence-corrected chi connectivity index (χ2v) is 7.02. The molecule has 5 heteroatoms. The molecule has 1 aliphatic carbocycles. The average molecular weight is 322 g/mol. The lowest BCUT2D eigenvalue weighted by Crippen LogP contribution is -2.59. The third-order valence-corrected chi connectivity index (χ3v) is 5.20. The summed E-state index contributed by atoms with van der Waals surface area (Å²) in [4.78, 5) is 26.0. The second-order valence-electron chi connectivity index (χ2n) is 5.98. The number of hydrogen-bond donors (Lipinski definition) is 2. The summed E-state index contributed by atoms with van der Waals surface area (Å²) in [7, 11) is 0. The summed E-state index contributed by atoms with van der Waals surface area (Å²) >= 11 is 1.73. The van der Waals surface area contributed by atoms with Gasteiger partial charge in [-0.3, -0.25) is 9.59 Å². The molecule has 0 saturated heterocycles. The Morgan fingerprint density at radius 2 is 2.05 bits per heavy atom. The van der Waals surface area contributed by atoms with E-state index in [-0.39, 0.29) is 11.8 Å². The molecule has 1 aromatic rings. The van der Waals surface area contributed by atoms with Crippen LogP contribution in [0.2, 0.25) is 0 Å².